The fraction of sp³-hybridized carbons (Fsp3) is 0.750. The van der Waals surface area contributed by atoms with Crippen molar-refractivity contribution < 1.29 is 32.6 Å². The van der Waals surface area contributed by atoms with E-state index >= 15 is 0 Å². The maximum absolute atomic E-state index is 11.9. The van der Waals surface area contributed by atoms with Gasteiger partial charge in [0.15, 0.2) is 6.04 Å². The first-order valence-electron chi connectivity index (χ1n) is 4.28. The second-order valence-electron chi connectivity index (χ2n) is 2.74. The Morgan fingerprint density at radius 2 is 1.75 bits per heavy atom. The van der Waals surface area contributed by atoms with E-state index in [0.717, 1.165) is 14.2 Å². The number of ether oxygens (including phenoxy) is 3. The number of nitrogens with one attached hydrogen (secondary N) is 1. The molecule has 94 valence electrons. The number of carbonyl (C=O) groups is 2. The number of hydrogen-bond donors (Lipinski definition) is 1. The summed E-state index contributed by atoms with van der Waals surface area (Å²) in [6, 6.07) is -1.36. The van der Waals surface area contributed by atoms with Gasteiger partial charge in [-0.3, -0.25) is 0 Å². The second kappa shape index (κ2) is 6.94. The van der Waals surface area contributed by atoms with Crippen LogP contribution in [0.4, 0.5) is 13.6 Å². The number of alkyl halides is 2. The van der Waals surface area contributed by atoms with Crippen LogP contribution >= 0.6 is 0 Å². The van der Waals surface area contributed by atoms with Crippen LogP contribution in [0.2, 0.25) is 0 Å². The number of amides is 1. The van der Waals surface area contributed by atoms with Crippen LogP contribution in [-0.2, 0) is 19.0 Å². The third-order valence-corrected chi connectivity index (χ3v) is 1.70. The average Bonchev–Trinajstić information content (AvgIpc) is 2.23. The molecular formula is C8H13F2NO5. The summed E-state index contributed by atoms with van der Waals surface area (Å²) in [6.07, 6.45) is -2.19. The molecule has 0 radical (unpaired) electrons. The smallest absolute Gasteiger partial charge is 0.407 e. The van der Waals surface area contributed by atoms with Crippen LogP contribution in [0.15, 0.2) is 0 Å². The normalized spacial score (nSPS) is 14.1. The standard InChI is InChI=1S/C8H13F2NO5/c1-4(16-7(9)10)5(6(12)14-2)11-8(13)15-3/h4-5,7H,1-3H3,(H,11,13). The van der Waals surface area contributed by atoms with Crippen LogP contribution < -0.4 is 5.32 Å². The van der Waals surface area contributed by atoms with Gasteiger partial charge < -0.3 is 19.5 Å². The molecule has 2 atom stereocenters. The lowest BCUT2D eigenvalue weighted by molar-refractivity contribution is -0.175. The lowest BCUT2D eigenvalue weighted by atomic mass is 10.2. The Bertz CT molecular complexity index is 249. The molecule has 0 aliphatic heterocycles. The van der Waals surface area contributed by atoms with Crippen LogP contribution in [0.5, 0.6) is 0 Å². The van der Waals surface area contributed by atoms with Gasteiger partial charge in [-0.2, -0.15) is 8.78 Å². The zero-order valence-electron chi connectivity index (χ0n) is 9.03. The summed E-state index contributed by atoms with van der Waals surface area (Å²) in [6.45, 7) is -1.86. The van der Waals surface area contributed by atoms with Gasteiger partial charge in [0.25, 0.3) is 0 Å². The van der Waals surface area contributed by atoms with Crippen molar-refractivity contribution in [1.82, 2.24) is 5.32 Å². The summed E-state index contributed by atoms with van der Waals surface area (Å²) in [5.74, 6) is -0.904. The number of halogens is 2. The highest BCUT2D eigenvalue weighted by Crippen LogP contribution is 2.07. The van der Waals surface area contributed by atoms with E-state index in [2.05, 4.69) is 14.2 Å². The van der Waals surface area contributed by atoms with Crippen molar-refractivity contribution in [3.8, 4) is 0 Å². The van der Waals surface area contributed by atoms with E-state index in [1.54, 1.807) is 0 Å². The summed E-state index contributed by atoms with van der Waals surface area (Å²) in [7, 11) is 2.13. The van der Waals surface area contributed by atoms with E-state index < -0.39 is 30.8 Å². The third kappa shape index (κ3) is 4.87. The van der Waals surface area contributed by atoms with Crippen LogP contribution in [0.3, 0.4) is 0 Å². The van der Waals surface area contributed by atoms with Crippen molar-refractivity contribution in [2.75, 3.05) is 14.2 Å². The third-order valence-electron chi connectivity index (χ3n) is 1.70. The Hall–Kier alpha value is -1.44. The highest BCUT2D eigenvalue weighted by Gasteiger charge is 2.30. The first kappa shape index (κ1) is 14.6. The molecule has 0 bridgehead atoms. The molecule has 0 aromatic rings. The second-order valence-corrected chi connectivity index (χ2v) is 2.74. The Labute approximate surface area is 90.8 Å². The Morgan fingerprint density at radius 3 is 2.12 bits per heavy atom. The number of methoxy groups -OCH3 is 2. The zero-order valence-corrected chi connectivity index (χ0v) is 9.03. The minimum absolute atomic E-state index is 0.904. The summed E-state index contributed by atoms with van der Waals surface area (Å²) in [5, 5.41) is 2.03. The van der Waals surface area contributed by atoms with Crippen LogP contribution in [0.1, 0.15) is 6.92 Å². The summed E-state index contributed by atoms with van der Waals surface area (Å²) >= 11 is 0. The molecule has 16 heavy (non-hydrogen) atoms. The van der Waals surface area contributed by atoms with E-state index in [0.29, 0.717) is 0 Å². The fourth-order valence-corrected chi connectivity index (χ4v) is 0.922. The summed E-state index contributed by atoms with van der Waals surface area (Å²) < 4.78 is 36.5. The lowest BCUT2D eigenvalue weighted by Gasteiger charge is -2.21. The minimum Gasteiger partial charge on any atom is -0.467 e. The van der Waals surface area contributed by atoms with Gasteiger partial charge >= 0.3 is 18.7 Å². The summed E-state index contributed by atoms with van der Waals surface area (Å²) in [4.78, 5) is 22.0. The number of hydrogen-bond acceptors (Lipinski definition) is 5. The molecule has 0 aliphatic carbocycles. The molecule has 0 aromatic carbocycles. The topological polar surface area (TPSA) is 73.9 Å². The lowest BCUT2D eigenvalue weighted by Crippen LogP contribution is -2.49. The summed E-state index contributed by atoms with van der Waals surface area (Å²) in [5.41, 5.74) is 0. The van der Waals surface area contributed by atoms with E-state index in [9.17, 15) is 18.4 Å². The van der Waals surface area contributed by atoms with E-state index in [1.807, 2.05) is 5.32 Å². The van der Waals surface area contributed by atoms with E-state index in [4.69, 9.17) is 0 Å². The predicted molar refractivity (Wildman–Crippen MR) is 47.9 cm³/mol. The molecule has 0 aliphatic rings. The van der Waals surface area contributed by atoms with Gasteiger partial charge in [0.05, 0.1) is 20.3 Å². The molecule has 0 spiro atoms. The van der Waals surface area contributed by atoms with Gasteiger partial charge in [0.1, 0.15) is 0 Å². The van der Waals surface area contributed by atoms with Crippen LogP contribution in [0.25, 0.3) is 0 Å². The molecule has 0 saturated carbocycles. The molecule has 0 rings (SSSR count). The van der Waals surface area contributed by atoms with Crippen molar-refractivity contribution in [1.29, 1.82) is 0 Å². The molecule has 1 amide bonds. The number of alkyl carbamates (subject to hydrolysis) is 1. The molecule has 0 aromatic heterocycles. The SMILES string of the molecule is COC(=O)NC(C(=O)OC)C(C)OC(F)F. The quantitative estimate of drug-likeness (QED) is 0.710. The number of carbonyl (C=O) groups excluding carboxylic acids is 2. The Balaban J connectivity index is 4.53. The maximum atomic E-state index is 11.9. The van der Waals surface area contributed by atoms with Gasteiger partial charge in [-0.05, 0) is 6.92 Å². The van der Waals surface area contributed by atoms with Gasteiger partial charge in [-0.25, -0.2) is 9.59 Å². The zero-order chi connectivity index (χ0) is 12.7. The predicted octanol–water partition coefficient (Wildman–Crippen LogP) is 0.512. The molecule has 2 unspecified atom stereocenters. The first-order valence-corrected chi connectivity index (χ1v) is 4.28. The molecular weight excluding hydrogens is 228 g/mol. The van der Waals surface area contributed by atoms with Crippen molar-refractivity contribution >= 4 is 12.1 Å². The van der Waals surface area contributed by atoms with Crippen LogP contribution in [0, 0.1) is 0 Å². The van der Waals surface area contributed by atoms with E-state index in [-0.39, 0.29) is 0 Å². The molecule has 0 heterocycles. The van der Waals surface area contributed by atoms with Crippen molar-refractivity contribution in [2.24, 2.45) is 0 Å². The largest absolute Gasteiger partial charge is 0.467 e. The molecule has 8 heteroatoms. The Morgan fingerprint density at radius 1 is 1.19 bits per heavy atom. The number of rotatable bonds is 5. The van der Waals surface area contributed by atoms with Gasteiger partial charge in [0, 0.05) is 0 Å². The molecule has 1 N–H and O–H groups in total. The average molecular weight is 241 g/mol. The minimum atomic E-state index is -3.05. The van der Waals surface area contributed by atoms with Gasteiger partial charge in [-0.15, -0.1) is 0 Å². The van der Waals surface area contributed by atoms with Crippen molar-refractivity contribution in [3.05, 3.63) is 0 Å². The highest BCUT2D eigenvalue weighted by molar-refractivity contribution is 5.81. The molecule has 6 nitrogen and oxygen atoms in total. The van der Waals surface area contributed by atoms with Crippen molar-refractivity contribution in [2.45, 2.75) is 25.7 Å². The maximum Gasteiger partial charge on any atom is 0.407 e. The number of esters is 1. The van der Waals surface area contributed by atoms with Gasteiger partial charge in [-0.1, -0.05) is 0 Å². The van der Waals surface area contributed by atoms with Crippen molar-refractivity contribution in [3.63, 3.8) is 0 Å². The van der Waals surface area contributed by atoms with Gasteiger partial charge in [0.2, 0.25) is 0 Å². The Kier molecular flexibility index (Phi) is 6.31. The first-order chi connectivity index (χ1) is 7.42. The van der Waals surface area contributed by atoms with Crippen LogP contribution in [-0.4, -0.2) is 45.0 Å². The fourth-order valence-electron chi connectivity index (χ4n) is 0.922. The monoisotopic (exact) mass is 241 g/mol. The molecule has 0 saturated heterocycles. The van der Waals surface area contributed by atoms with E-state index in [1.165, 1.54) is 6.92 Å². The highest BCUT2D eigenvalue weighted by atomic mass is 19.3. The molecule has 0 fully saturated rings.